The highest BCUT2D eigenvalue weighted by Crippen LogP contribution is 2.41. The third-order valence-electron chi connectivity index (χ3n) is 2.98. The first-order chi connectivity index (χ1) is 9.69. The fourth-order valence-electron chi connectivity index (χ4n) is 1.98. The summed E-state index contributed by atoms with van der Waals surface area (Å²) in [6, 6.07) is 7.95. The van der Waals surface area contributed by atoms with Crippen LogP contribution >= 0.6 is 23.1 Å². The summed E-state index contributed by atoms with van der Waals surface area (Å²) in [5.41, 5.74) is 0.389. The van der Waals surface area contributed by atoms with Crippen LogP contribution in [0.3, 0.4) is 0 Å². The summed E-state index contributed by atoms with van der Waals surface area (Å²) in [5.74, 6) is 1.28. The van der Waals surface area contributed by atoms with Gasteiger partial charge in [-0.05, 0) is 19.1 Å². The smallest absolute Gasteiger partial charge is 0.357 e. The van der Waals surface area contributed by atoms with Gasteiger partial charge in [-0.15, -0.1) is 23.1 Å². The van der Waals surface area contributed by atoms with Crippen LogP contribution in [0.15, 0.2) is 29.2 Å². The minimum atomic E-state index is -0.395. The number of thioether (sulfide) groups is 1. The molecule has 3 rings (SSSR count). The fraction of sp³-hybridized carbons (Fsp3) is 0.286. The van der Waals surface area contributed by atoms with Gasteiger partial charge in [0.2, 0.25) is 0 Å². The van der Waals surface area contributed by atoms with Gasteiger partial charge in [0, 0.05) is 15.5 Å². The summed E-state index contributed by atoms with van der Waals surface area (Å²) < 4.78 is 10.7. The van der Waals surface area contributed by atoms with E-state index in [1.54, 1.807) is 11.8 Å². The van der Waals surface area contributed by atoms with E-state index in [-0.39, 0.29) is 6.10 Å². The van der Waals surface area contributed by atoms with Crippen molar-refractivity contribution < 1.29 is 14.3 Å². The van der Waals surface area contributed by atoms with Crippen molar-refractivity contribution in [3.8, 4) is 5.75 Å². The Morgan fingerprint density at radius 3 is 3.05 bits per heavy atom. The van der Waals surface area contributed by atoms with E-state index in [1.807, 2.05) is 31.2 Å². The summed E-state index contributed by atoms with van der Waals surface area (Å²) >= 11 is 3.24. The average Bonchev–Trinajstić information content (AvgIpc) is 2.88. The van der Waals surface area contributed by atoms with E-state index >= 15 is 0 Å². The van der Waals surface area contributed by atoms with Crippen LogP contribution in [-0.4, -0.2) is 23.8 Å². The molecule has 1 atom stereocenters. The second-order valence-electron chi connectivity index (χ2n) is 4.31. The van der Waals surface area contributed by atoms with E-state index in [1.165, 1.54) is 18.4 Å². The molecule has 1 aliphatic heterocycles. The Balaban J connectivity index is 1.87. The molecule has 0 N–H and O–H groups in total. The predicted molar refractivity (Wildman–Crippen MR) is 78.7 cm³/mol. The lowest BCUT2D eigenvalue weighted by atomic mass is 10.3. The van der Waals surface area contributed by atoms with E-state index in [4.69, 9.17) is 9.47 Å². The summed E-state index contributed by atoms with van der Waals surface area (Å²) in [7, 11) is 1.37. The average molecular weight is 307 g/mol. The van der Waals surface area contributed by atoms with Crippen molar-refractivity contribution in [1.82, 2.24) is 4.98 Å². The van der Waals surface area contributed by atoms with Crippen LogP contribution in [0, 0.1) is 6.92 Å². The summed E-state index contributed by atoms with van der Waals surface area (Å²) in [4.78, 5) is 18.0. The van der Waals surface area contributed by atoms with E-state index in [0.717, 1.165) is 26.3 Å². The van der Waals surface area contributed by atoms with Crippen molar-refractivity contribution in [1.29, 1.82) is 0 Å². The fourth-order valence-corrected chi connectivity index (χ4v) is 4.02. The maximum atomic E-state index is 11.6. The van der Waals surface area contributed by atoms with Gasteiger partial charge < -0.3 is 9.47 Å². The Labute approximate surface area is 125 Å². The molecule has 0 radical (unpaired) electrons. The van der Waals surface area contributed by atoms with Crippen LogP contribution in [0.25, 0.3) is 0 Å². The number of aryl methyl sites for hydroxylation is 1. The molecular weight excluding hydrogens is 294 g/mol. The lowest BCUT2D eigenvalue weighted by molar-refractivity contribution is 0.0593. The highest BCUT2D eigenvalue weighted by Gasteiger charge is 2.26. The van der Waals surface area contributed by atoms with E-state index in [2.05, 4.69) is 4.98 Å². The van der Waals surface area contributed by atoms with Gasteiger partial charge in [0.1, 0.15) is 10.8 Å². The van der Waals surface area contributed by atoms with Crippen LogP contribution < -0.4 is 4.74 Å². The summed E-state index contributed by atoms with van der Waals surface area (Å²) in [6.07, 6.45) is -0.114. The molecule has 0 saturated heterocycles. The molecule has 2 aromatic rings. The molecule has 0 saturated carbocycles. The number of esters is 1. The zero-order valence-electron chi connectivity index (χ0n) is 11.1. The van der Waals surface area contributed by atoms with Crippen LogP contribution in [-0.2, 0) is 4.74 Å². The van der Waals surface area contributed by atoms with Gasteiger partial charge in [-0.3, -0.25) is 0 Å². The SMILES string of the molecule is COC(=O)c1nc(C2CSc3ccccc3O2)sc1C. The maximum absolute atomic E-state index is 11.6. The molecule has 0 aliphatic carbocycles. The number of carbonyl (C=O) groups excluding carboxylic acids is 1. The predicted octanol–water partition coefficient (Wildman–Crippen LogP) is 3.46. The number of carbonyl (C=O) groups is 1. The number of aromatic nitrogens is 1. The Bertz CT molecular complexity index is 654. The third kappa shape index (κ3) is 2.41. The molecule has 1 aromatic heterocycles. The number of ether oxygens (including phenoxy) is 2. The van der Waals surface area contributed by atoms with E-state index in [9.17, 15) is 4.79 Å². The molecule has 0 bridgehead atoms. The minimum absolute atomic E-state index is 0.114. The van der Waals surface area contributed by atoms with Crippen LogP contribution in [0.1, 0.15) is 26.5 Å². The number of para-hydroxylation sites is 1. The summed E-state index contributed by atoms with van der Waals surface area (Å²) in [5, 5.41) is 0.824. The van der Waals surface area contributed by atoms with E-state index < -0.39 is 5.97 Å². The van der Waals surface area contributed by atoms with Gasteiger partial charge in [-0.25, -0.2) is 9.78 Å². The van der Waals surface area contributed by atoms with Crippen molar-refractivity contribution in [3.05, 3.63) is 39.8 Å². The van der Waals surface area contributed by atoms with Gasteiger partial charge >= 0.3 is 5.97 Å². The number of benzene rings is 1. The second kappa shape index (κ2) is 5.46. The van der Waals surface area contributed by atoms with Crippen molar-refractivity contribution >= 4 is 29.1 Å². The molecular formula is C14H13NO3S2. The molecule has 6 heteroatoms. The highest BCUT2D eigenvalue weighted by molar-refractivity contribution is 7.99. The minimum Gasteiger partial charge on any atom is -0.481 e. The maximum Gasteiger partial charge on any atom is 0.357 e. The molecule has 0 spiro atoms. The van der Waals surface area contributed by atoms with Crippen LogP contribution in [0.4, 0.5) is 0 Å². The van der Waals surface area contributed by atoms with Gasteiger partial charge in [-0.1, -0.05) is 12.1 Å². The van der Waals surface area contributed by atoms with Crippen molar-refractivity contribution in [2.45, 2.75) is 17.9 Å². The van der Waals surface area contributed by atoms with Gasteiger partial charge in [-0.2, -0.15) is 0 Å². The Morgan fingerprint density at radius 1 is 1.45 bits per heavy atom. The normalized spacial score (nSPS) is 17.2. The first kappa shape index (κ1) is 13.5. The molecule has 1 aliphatic rings. The Morgan fingerprint density at radius 2 is 2.25 bits per heavy atom. The largest absolute Gasteiger partial charge is 0.481 e. The van der Waals surface area contributed by atoms with Crippen molar-refractivity contribution in [2.75, 3.05) is 12.9 Å². The highest BCUT2D eigenvalue weighted by atomic mass is 32.2. The number of hydrogen-bond acceptors (Lipinski definition) is 6. The zero-order valence-corrected chi connectivity index (χ0v) is 12.7. The van der Waals surface area contributed by atoms with Gasteiger partial charge in [0.25, 0.3) is 0 Å². The lowest BCUT2D eigenvalue weighted by Crippen LogP contribution is -2.15. The summed E-state index contributed by atoms with van der Waals surface area (Å²) in [6.45, 7) is 1.87. The number of nitrogens with zero attached hydrogens (tertiary/aromatic N) is 1. The van der Waals surface area contributed by atoms with Crippen molar-refractivity contribution in [2.24, 2.45) is 0 Å². The zero-order chi connectivity index (χ0) is 14.1. The number of methoxy groups -OCH3 is 1. The van der Waals surface area contributed by atoms with Gasteiger partial charge in [0.15, 0.2) is 11.8 Å². The van der Waals surface area contributed by atoms with Gasteiger partial charge in [0.05, 0.1) is 7.11 Å². The number of thiazole rings is 1. The van der Waals surface area contributed by atoms with Crippen LogP contribution in [0.2, 0.25) is 0 Å². The second-order valence-corrected chi connectivity index (χ2v) is 6.61. The molecule has 20 heavy (non-hydrogen) atoms. The van der Waals surface area contributed by atoms with Crippen LogP contribution in [0.5, 0.6) is 5.75 Å². The quantitative estimate of drug-likeness (QED) is 0.795. The first-order valence-electron chi connectivity index (χ1n) is 6.13. The molecule has 4 nitrogen and oxygen atoms in total. The number of fused-ring (bicyclic) bond motifs is 1. The third-order valence-corrected chi connectivity index (χ3v) is 5.16. The van der Waals surface area contributed by atoms with Crippen molar-refractivity contribution in [3.63, 3.8) is 0 Å². The Kier molecular flexibility index (Phi) is 3.67. The number of hydrogen-bond donors (Lipinski definition) is 0. The molecule has 0 fully saturated rings. The first-order valence-corrected chi connectivity index (χ1v) is 7.93. The molecule has 2 heterocycles. The Hall–Kier alpha value is -1.53. The number of rotatable bonds is 2. The lowest BCUT2D eigenvalue weighted by Gasteiger charge is -2.23. The van der Waals surface area contributed by atoms with E-state index in [0.29, 0.717) is 5.69 Å². The topological polar surface area (TPSA) is 48.4 Å². The standard InChI is InChI=1S/C14H13NO3S2/c1-8-12(14(16)17-2)15-13(20-8)10-7-19-11-6-4-3-5-9(11)18-10/h3-6,10H,7H2,1-2H3. The molecule has 104 valence electrons. The molecule has 0 amide bonds. The monoisotopic (exact) mass is 307 g/mol. The molecule has 1 unspecified atom stereocenters. The molecule has 1 aromatic carbocycles.